The van der Waals surface area contributed by atoms with Crippen molar-refractivity contribution in [1.29, 1.82) is 0 Å². The summed E-state index contributed by atoms with van der Waals surface area (Å²) in [6, 6.07) is 9.31. The monoisotopic (exact) mass is 284 g/mol. The maximum absolute atomic E-state index is 4.24. The molecule has 0 saturated heterocycles. The molecule has 4 heteroatoms. The number of aryl methyl sites for hydroxylation is 2. The Labute approximate surface area is 126 Å². The van der Waals surface area contributed by atoms with E-state index in [2.05, 4.69) is 60.6 Å². The van der Waals surface area contributed by atoms with Crippen LogP contribution in [0.5, 0.6) is 0 Å². The van der Waals surface area contributed by atoms with Gasteiger partial charge >= 0.3 is 0 Å². The Kier molecular flexibility index (Phi) is 3.57. The predicted octanol–water partition coefficient (Wildman–Crippen LogP) is 3.18. The van der Waals surface area contributed by atoms with Crippen LogP contribution in [0.2, 0.25) is 0 Å². The lowest BCUT2D eigenvalue weighted by Crippen LogP contribution is -2.39. The fourth-order valence-electron chi connectivity index (χ4n) is 3.39. The highest BCUT2D eigenvalue weighted by atomic mass is 15.3. The summed E-state index contributed by atoms with van der Waals surface area (Å²) in [5, 5.41) is 12.0. The van der Waals surface area contributed by atoms with Crippen LogP contribution in [0, 0.1) is 5.41 Å². The molecule has 1 heterocycles. The molecule has 4 nitrogen and oxygen atoms in total. The topological polar surface area (TPSA) is 42.7 Å². The zero-order valence-corrected chi connectivity index (χ0v) is 13.3. The summed E-state index contributed by atoms with van der Waals surface area (Å²) in [5.74, 6) is 0.980. The van der Waals surface area contributed by atoms with Gasteiger partial charge in [-0.25, -0.2) is 0 Å². The van der Waals surface area contributed by atoms with E-state index in [0.717, 1.165) is 5.82 Å². The van der Waals surface area contributed by atoms with E-state index in [1.165, 1.54) is 24.0 Å². The van der Waals surface area contributed by atoms with Crippen LogP contribution < -0.4 is 5.32 Å². The fraction of sp³-hybridized carbons (Fsp3) is 0.529. The molecule has 0 amide bonds. The quantitative estimate of drug-likeness (QED) is 0.941. The summed E-state index contributed by atoms with van der Waals surface area (Å²) in [6.07, 6.45) is 4.13. The van der Waals surface area contributed by atoms with Crippen molar-refractivity contribution in [3.63, 3.8) is 0 Å². The third kappa shape index (κ3) is 2.60. The lowest BCUT2D eigenvalue weighted by atomic mass is 9.70. The molecule has 2 unspecified atom stereocenters. The molecule has 0 bridgehead atoms. The highest BCUT2D eigenvalue weighted by Crippen LogP contribution is 2.44. The number of nitrogens with one attached hydrogen (secondary N) is 1. The molecule has 2 atom stereocenters. The van der Waals surface area contributed by atoms with Gasteiger partial charge in [0.05, 0.1) is 6.04 Å². The first-order valence-corrected chi connectivity index (χ1v) is 7.67. The minimum atomic E-state index is 0.174. The van der Waals surface area contributed by atoms with Crippen molar-refractivity contribution in [2.75, 3.05) is 0 Å². The summed E-state index contributed by atoms with van der Waals surface area (Å²) in [7, 11) is 1.99. The predicted molar refractivity (Wildman–Crippen MR) is 83.8 cm³/mol. The molecule has 0 spiro atoms. The molecule has 0 aliphatic heterocycles. The molecule has 2 aromatic rings. The van der Waals surface area contributed by atoms with Crippen LogP contribution >= 0.6 is 0 Å². The van der Waals surface area contributed by atoms with E-state index < -0.39 is 0 Å². The van der Waals surface area contributed by atoms with Crippen molar-refractivity contribution < 1.29 is 0 Å². The molecule has 1 aromatic carbocycles. The van der Waals surface area contributed by atoms with Crippen molar-refractivity contribution in [2.45, 2.75) is 45.7 Å². The second kappa shape index (κ2) is 5.26. The third-order valence-corrected chi connectivity index (χ3v) is 4.74. The Bertz CT molecular complexity index is 629. The first-order chi connectivity index (χ1) is 9.99. The lowest BCUT2D eigenvalue weighted by molar-refractivity contribution is 0.194. The summed E-state index contributed by atoms with van der Waals surface area (Å²) in [6.45, 7) is 6.87. The molecule has 21 heavy (non-hydrogen) atoms. The first-order valence-electron chi connectivity index (χ1n) is 7.67. The number of hydrogen-bond donors (Lipinski definition) is 1. The smallest absolute Gasteiger partial charge is 0.149 e. The summed E-state index contributed by atoms with van der Waals surface area (Å²) in [4.78, 5) is 0. The Morgan fingerprint density at radius 2 is 2.10 bits per heavy atom. The molecule has 3 rings (SSSR count). The van der Waals surface area contributed by atoms with Crippen LogP contribution in [0.25, 0.3) is 0 Å². The Hall–Kier alpha value is -1.68. The average molecular weight is 284 g/mol. The van der Waals surface area contributed by atoms with Crippen molar-refractivity contribution in [3.05, 3.63) is 47.5 Å². The van der Waals surface area contributed by atoms with Gasteiger partial charge in [0, 0.05) is 13.1 Å². The molecule has 0 radical (unpaired) electrons. The average Bonchev–Trinajstić information content (AvgIpc) is 2.88. The van der Waals surface area contributed by atoms with Gasteiger partial charge in [-0.2, -0.15) is 0 Å². The van der Waals surface area contributed by atoms with Crippen LogP contribution in [-0.4, -0.2) is 14.8 Å². The van der Waals surface area contributed by atoms with E-state index in [-0.39, 0.29) is 11.5 Å². The maximum atomic E-state index is 4.24. The van der Waals surface area contributed by atoms with Gasteiger partial charge in [0.15, 0.2) is 0 Å². The van der Waals surface area contributed by atoms with E-state index in [9.17, 15) is 0 Å². The largest absolute Gasteiger partial charge is 0.319 e. The number of benzene rings is 1. The number of fused-ring (bicyclic) bond motifs is 1. The van der Waals surface area contributed by atoms with Crippen LogP contribution in [0.1, 0.15) is 56.2 Å². The highest BCUT2D eigenvalue weighted by Gasteiger charge is 2.36. The Morgan fingerprint density at radius 3 is 2.81 bits per heavy atom. The van der Waals surface area contributed by atoms with Gasteiger partial charge in [-0.05, 0) is 36.3 Å². The zero-order valence-electron chi connectivity index (χ0n) is 13.3. The van der Waals surface area contributed by atoms with Crippen LogP contribution in [0.3, 0.4) is 0 Å². The molecule has 112 valence electrons. The molecule has 1 aliphatic carbocycles. The van der Waals surface area contributed by atoms with Gasteiger partial charge in [0.2, 0.25) is 0 Å². The first kappa shape index (κ1) is 14.3. The van der Waals surface area contributed by atoms with Crippen molar-refractivity contribution in [1.82, 2.24) is 20.1 Å². The van der Waals surface area contributed by atoms with Crippen LogP contribution in [0.4, 0.5) is 0 Å². The van der Waals surface area contributed by atoms with E-state index in [4.69, 9.17) is 0 Å². The van der Waals surface area contributed by atoms with E-state index >= 15 is 0 Å². The maximum Gasteiger partial charge on any atom is 0.149 e. The second-order valence-electron chi connectivity index (χ2n) is 6.81. The van der Waals surface area contributed by atoms with Crippen molar-refractivity contribution >= 4 is 0 Å². The zero-order chi connectivity index (χ0) is 15.0. The summed E-state index contributed by atoms with van der Waals surface area (Å²) in [5.41, 5.74) is 3.14. The minimum absolute atomic E-state index is 0.174. The summed E-state index contributed by atoms with van der Waals surface area (Å²) >= 11 is 0. The number of aromatic nitrogens is 3. The van der Waals surface area contributed by atoms with Gasteiger partial charge in [0.25, 0.3) is 0 Å². The molecule has 1 N–H and O–H groups in total. The van der Waals surface area contributed by atoms with Gasteiger partial charge in [-0.15, -0.1) is 10.2 Å². The third-order valence-electron chi connectivity index (χ3n) is 4.74. The van der Waals surface area contributed by atoms with E-state index in [1.807, 2.05) is 11.6 Å². The SMILES string of the molecule is CC(NC1c2ccccc2CCC1(C)C)c1nncn1C. The number of nitrogens with zero attached hydrogens (tertiary/aromatic N) is 3. The van der Waals surface area contributed by atoms with E-state index in [0.29, 0.717) is 6.04 Å². The second-order valence-corrected chi connectivity index (χ2v) is 6.81. The van der Waals surface area contributed by atoms with Gasteiger partial charge < -0.3 is 9.88 Å². The normalized spacial score (nSPS) is 21.8. The van der Waals surface area contributed by atoms with Crippen molar-refractivity contribution in [2.24, 2.45) is 12.5 Å². The standard InChI is InChI=1S/C17H24N4/c1-12(16-20-18-11-21(16)4)19-15-14-8-6-5-7-13(14)9-10-17(15,2)3/h5-8,11-12,15,19H,9-10H2,1-4H3. The molecular weight excluding hydrogens is 260 g/mol. The van der Waals surface area contributed by atoms with E-state index in [1.54, 1.807) is 6.33 Å². The molecular formula is C17H24N4. The van der Waals surface area contributed by atoms with Crippen molar-refractivity contribution in [3.8, 4) is 0 Å². The van der Waals surface area contributed by atoms with Gasteiger partial charge in [0.1, 0.15) is 12.2 Å². The number of rotatable bonds is 3. The number of hydrogen-bond acceptors (Lipinski definition) is 3. The Balaban J connectivity index is 1.91. The van der Waals surface area contributed by atoms with Crippen LogP contribution in [-0.2, 0) is 13.5 Å². The lowest BCUT2D eigenvalue weighted by Gasteiger charge is -2.42. The highest BCUT2D eigenvalue weighted by molar-refractivity contribution is 5.34. The fourth-order valence-corrected chi connectivity index (χ4v) is 3.39. The van der Waals surface area contributed by atoms with Gasteiger partial charge in [-0.3, -0.25) is 0 Å². The molecule has 1 aromatic heterocycles. The molecule has 0 saturated carbocycles. The molecule has 1 aliphatic rings. The van der Waals surface area contributed by atoms with Crippen LogP contribution in [0.15, 0.2) is 30.6 Å². The minimum Gasteiger partial charge on any atom is -0.319 e. The van der Waals surface area contributed by atoms with Gasteiger partial charge in [-0.1, -0.05) is 38.1 Å². The summed E-state index contributed by atoms with van der Waals surface area (Å²) < 4.78 is 1.99. The Morgan fingerprint density at radius 1 is 1.33 bits per heavy atom. The molecule has 0 fully saturated rings.